The summed E-state index contributed by atoms with van der Waals surface area (Å²) in [6.45, 7) is 9.68. The molecule has 140 valence electrons. The highest BCUT2D eigenvalue weighted by atomic mass is 16.6. The van der Waals surface area contributed by atoms with E-state index in [0.717, 1.165) is 0 Å². The van der Waals surface area contributed by atoms with Gasteiger partial charge in [-0.2, -0.15) is 4.90 Å². The number of nitrogens with zero attached hydrogens (tertiary/aromatic N) is 2. The second-order valence-corrected chi connectivity index (χ2v) is 7.47. The maximum absolute atomic E-state index is 12.5. The number of carboxylic acids is 1. The second-order valence-electron chi connectivity index (χ2n) is 7.47. The summed E-state index contributed by atoms with van der Waals surface area (Å²) in [6, 6.07) is -1.51. The molecule has 1 atom stereocenters. The van der Waals surface area contributed by atoms with E-state index in [1.807, 2.05) is 0 Å². The van der Waals surface area contributed by atoms with E-state index >= 15 is 0 Å². The molecule has 0 fully saturated rings. The summed E-state index contributed by atoms with van der Waals surface area (Å²) in [7, 11) is 0. The predicted molar refractivity (Wildman–Crippen MR) is 88.0 cm³/mol. The summed E-state index contributed by atoms with van der Waals surface area (Å²) in [4.78, 5) is 43.7. The van der Waals surface area contributed by atoms with Crippen LogP contribution in [-0.2, 0) is 20.7 Å². The number of amides is 2. The van der Waals surface area contributed by atoms with Crippen molar-refractivity contribution in [2.75, 3.05) is 0 Å². The molecule has 0 bridgehead atoms. The molecule has 0 saturated carbocycles. The lowest BCUT2D eigenvalue weighted by Crippen LogP contribution is -2.52. The van der Waals surface area contributed by atoms with Crippen molar-refractivity contribution >= 4 is 18.2 Å². The Hall–Kier alpha value is -2.58. The van der Waals surface area contributed by atoms with E-state index in [0.29, 0.717) is 10.6 Å². The van der Waals surface area contributed by atoms with Gasteiger partial charge in [0.15, 0.2) is 0 Å². The van der Waals surface area contributed by atoms with Gasteiger partial charge in [-0.3, -0.25) is 0 Å². The van der Waals surface area contributed by atoms with Crippen molar-refractivity contribution in [1.82, 2.24) is 14.9 Å². The minimum Gasteiger partial charge on any atom is -0.480 e. The normalized spacial score (nSPS) is 13.0. The Kier molecular flexibility index (Phi) is 6.17. The number of aromatic amines is 1. The fraction of sp³-hybridized carbons (Fsp3) is 0.625. The first kappa shape index (κ1) is 20.5. The van der Waals surface area contributed by atoms with Crippen LogP contribution in [0.2, 0.25) is 0 Å². The number of carboxylic acid groups (broad SMARTS) is 1. The second kappa shape index (κ2) is 7.54. The molecule has 0 aliphatic heterocycles. The number of hydrogen-bond acceptors (Lipinski definition) is 6. The standard InChI is InChI=1S/C16H25N3O6/c1-15(2,3)24-13(22)19(14(23)25-16(4,5)6)11(12(20)21)7-10-8-17-9-18-10/h8-9,11H,7H2,1-6H3,(H,17,18)(H,20,21)/t11-/m0/s1. The minimum absolute atomic E-state index is 0.159. The third kappa shape index (κ3) is 6.82. The molecule has 9 heteroatoms. The van der Waals surface area contributed by atoms with Gasteiger partial charge in [-0.05, 0) is 41.5 Å². The summed E-state index contributed by atoms with van der Waals surface area (Å²) in [6.07, 6.45) is 0.452. The molecule has 1 heterocycles. The minimum atomic E-state index is -1.51. The Morgan fingerprint density at radius 2 is 1.60 bits per heavy atom. The zero-order valence-electron chi connectivity index (χ0n) is 15.3. The monoisotopic (exact) mass is 355 g/mol. The van der Waals surface area contributed by atoms with Gasteiger partial charge in [0.1, 0.15) is 17.2 Å². The summed E-state index contributed by atoms with van der Waals surface area (Å²) in [5, 5.41) is 9.55. The van der Waals surface area contributed by atoms with E-state index in [9.17, 15) is 19.5 Å². The smallest absolute Gasteiger partial charge is 0.420 e. The van der Waals surface area contributed by atoms with Crippen molar-refractivity contribution in [2.24, 2.45) is 0 Å². The number of H-pyrrole nitrogens is 1. The third-order valence-electron chi connectivity index (χ3n) is 2.75. The summed E-state index contributed by atoms with van der Waals surface area (Å²) >= 11 is 0. The summed E-state index contributed by atoms with van der Waals surface area (Å²) in [5.41, 5.74) is -1.37. The lowest BCUT2D eigenvalue weighted by Gasteiger charge is -2.31. The Morgan fingerprint density at radius 3 is 1.92 bits per heavy atom. The number of carbonyl (C=O) groups excluding carboxylic acids is 2. The maximum Gasteiger partial charge on any atom is 0.420 e. The number of carbonyl (C=O) groups is 3. The highest BCUT2D eigenvalue weighted by Crippen LogP contribution is 2.18. The molecule has 0 aliphatic rings. The molecule has 0 saturated heterocycles. The van der Waals surface area contributed by atoms with E-state index in [4.69, 9.17) is 9.47 Å². The van der Waals surface area contributed by atoms with Crippen molar-refractivity contribution in [3.8, 4) is 0 Å². The van der Waals surface area contributed by atoms with Crippen molar-refractivity contribution < 1.29 is 29.0 Å². The molecule has 9 nitrogen and oxygen atoms in total. The van der Waals surface area contributed by atoms with Gasteiger partial charge in [0.2, 0.25) is 0 Å². The van der Waals surface area contributed by atoms with E-state index in [2.05, 4.69) is 9.97 Å². The van der Waals surface area contributed by atoms with Gasteiger partial charge in [0.25, 0.3) is 0 Å². The molecular weight excluding hydrogens is 330 g/mol. The van der Waals surface area contributed by atoms with Gasteiger partial charge < -0.3 is 19.6 Å². The number of rotatable bonds is 4. The van der Waals surface area contributed by atoms with E-state index < -0.39 is 35.4 Å². The topological polar surface area (TPSA) is 122 Å². The average Bonchev–Trinajstić information content (AvgIpc) is 2.86. The van der Waals surface area contributed by atoms with Crippen molar-refractivity contribution in [1.29, 1.82) is 0 Å². The Balaban J connectivity index is 3.18. The van der Waals surface area contributed by atoms with E-state index in [1.165, 1.54) is 12.5 Å². The Morgan fingerprint density at radius 1 is 1.12 bits per heavy atom. The zero-order chi connectivity index (χ0) is 19.4. The fourth-order valence-corrected chi connectivity index (χ4v) is 1.84. The van der Waals surface area contributed by atoms with Crippen molar-refractivity contribution in [3.05, 3.63) is 18.2 Å². The van der Waals surface area contributed by atoms with Crippen LogP contribution in [0.3, 0.4) is 0 Å². The quantitative estimate of drug-likeness (QED) is 0.851. The van der Waals surface area contributed by atoms with Crippen LogP contribution in [0.4, 0.5) is 9.59 Å². The first-order valence-electron chi connectivity index (χ1n) is 7.75. The summed E-state index contributed by atoms with van der Waals surface area (Å²) in [5.74, 6) is -1.37. The molecule has 0 aromatic carbocycles. The largest absolute Gasteiger partial charge is 0.480 e. The molecule has 1 aromatic rings. The number of ether oxygens (including phenoxy) is 2. The molecule has 0 radical (unpaired) electrons. The number of hydrogen-bond donors (Lipinski definition) is 2. The molecule has 2 amide bonds. The van der Waals surface area contributed by atoms with E-state index in [1.54, 1.807) is 41.5 Å². The molecule has 0 aliphatic carbocycles. The third-order valence-corrected chi connectivity index (χ3v) is 2.75. The maximum atomic E-state index is 12.5. The number of aromatic nitrogens is 2. The highest BCUT2D eigenvalue weighted by Gasteiger charge is 2.40. The highest BCUT2D eigenvalue weighted by molar-refractivity contribution is 5.93. The van der Waals surface area contributed by atoms with Gasteiger partial charge in [-0.1, -0.05) is 0 Å². The van der Waals surface area contributed by atoms with Crippen LogP contribution >= 0.6 is 0 Å². The van der Waals surface area contributed by atoms with Crippen LogP contribution in [0.15, 0.2) is 12.5 Å². The first-order valence-corrected chi connectivity index (χ1v) is 7.75. The Bertz CT molecular complexity index is 585. The molecule has 2 N–H and O–H groups in total. The lowest BCUT2D eigenvalue weighted by molar-refractivity contribution is -0.143. The average molecular weight is 355 g/mol. The zero-order valence-corrected chi connectivity index (χ0v) is 15.3. The molecule has 25 heavy (non-hydrogen) atoms. The van der Waals surface area contributed by atoms with Crippen molar-refractivity contribution in [3.63, 3.8) is 0 Å². The molecule has 0 spiro atoms. The number of imidazole rings is 1. The molecule has 1 rings (SSSR count). The fourth-order valence-electron chi connectivity index (χ4n) is 1.84. The summed E-state index contributed by atoms with van der Waals surface area (Å²) < 4.78 is 10.4. The lowest BCUT2D eigenvalue weighted by atomic mass is 10.1. The van der Waals surface area contributed by atoms with Gasteiger partial charge >= 0.3 is 18.2 Å². The Labute approximate surface area is 146 Å². The van der Waals surface area contributed by atoms with Gasteiger partial charge in [-0.25, -0.2) is 19.4 Å². The van der Waals surface area contributed by atoms with Crippen LogP contribution in [0.5, 0.6) is 0 Å². The molecule has 0 unspecified atom stereocenters. The van der Waals surface area contributed by atoms with Crippen molar-refractivity contribution in [2.45, 2.75) is 65.2 Å². The number of nitrogens with one attached hydrogen (secondary N) is 1. The molecular formula is C16H25N3O6. The van der Waals surface area contributed by atoms with Crippen LogP contribution in [0.25, 0.3) is 0 Å². The van der Waals surface area contributed by atoms with Gasteiger partial charge in [0, 0.05) is 18.3 Å². The van der Waals surface area contributed by atoms with E-state index in [-0.39, 0.29) is 6.42 Å². The van der Waals surface area contributed by atoms with Crippen LogP contribution in [0, 0.1) is 0 Å². The van der Waals surface area contributed by atoms with Crippen LogP contribution in [0.1, 0.15) is 47.2 Å². The SMILES string of the molecule is CC(C)(C)OC(=O)N(C(=O)OC(C)(C)C)[C@@H](Cc1cnc[nH]1)C(=O)O. The first-order chi connectivity index (χ1) is 11.3. The van der Waals surface area contributed by atoms with Crippen LogP contribution < -0.4 is 0 Å². The predicted octanol–water partition coefficient (Wildman–Crippen LogP) is 2.58. The number of imide groups is 1. The molecule has 1 aromatic heterocycles. The van der Waals surface area contributed by atoms with Gasteiger partial charge in [0.05, 0.1) is 6.33 Å². The number of aliphatic carboxylic acids is 1. The van der Waals surface area contributed by atoms with Crippen LogP contribution in [-0.4, -0.2) is 55.4 Å². The van der Waals surface area contributed by atoms with Gasteiger partial charge in [-0.15, -0.1) is 0 Å².